The average molecular weight is 306 g/mol. The molecule has 0 saturated heterocycles. The maximum absolute atomic E-state index is 12.4. The Balaban J connectivity index is 2.62. The van der Waals surface area contributed by atoms with E-state index in [9.17, 15) is 4.79 Å². The van der Waals surface area contributed by atoms with Gasteiger partial charge in [0.25, 0.3) is 0 Å². The monoisotopic (exact) mass is 306 g/mol. The summed E-state index contributed by atoms with van der Waals surface area (Å²) in [5.74, 6) is -0.221. The van der Waals surface area contributed by atoms with Gasteiger partial charge in [0.2, 0.25) is 0 Å². The fourth-order valence-electron chi connectivity index (χ4n) is 2.58. The Hall–Kier alpha value is -1.35. The first-order valence-electron chi connectivity index (χ1n) is 8.50. The Bertz CT molecular complexity index is 428. The molecule has 1 aromatic rings. The highest BCUT2D eigenvalue weighted by Gasteiger charge is 2.18. The van der Waals surface area contributed by atoms with E-state index >= 15 is 0 Å². The normalized spacial score (nSPS) is 12.1. The Morgan fingerprint density at radius 1 is 1.09 bits per heavy atom. The highest BCUT2D eigenvalue weighted by atomic mass is 16.6. The third-order valence-corrected chi connectivity index (χ3v) is 3.76. The van der Waals surface area contributed by atoms with Gasteiger partial charge in [0.05, 0.1) is 12.2 Å². The summed E-state index contributed by atoms with van der Waals surface area (Å²) < 4.78 is 10.9. The lowest BCUT2D eigenvalue weighted by Gasteiger charge is -2.18. The second-order valence-electron chi connectivity index (χ2n) is 5.74. The molecule has 0 fully saturated rings. The standard InChI is InChI=1S/C19H30O3/c1-4-6-7-8-13-17(15-21-3)22-19(20)18-14-10-9-12-16(18)11-5-2/h9-10,12,14,17H,4-8,11,13,15H2,1-3H3. The lowest BCUT2D eigenvalue weighted by molar-refractivity contribution is 0.00228. The van der Waals surface area contributed by atoms with Gasteiger partial charge in [-0.1, -0.05) is 57.7 Å². The van der Waals surface area contributed by atoms with Crippen molar-refractivity contribution in [2.75, 3.05) is 13.7 Å². The van der Waals surface area contributed by atoms with E-state index in [0.717, 1.165) is 31.2 Å². The molecule has 0 aromatic heterocycles. The number of hydrogen-bond donors (Lipinski definition) is 0. The van der Waals surface area contributed by atoms with Crippen molar-refractivity contribution in [1.29, 1.82) is 0 Å². The third-order valence-electron chi connectivity index (χ3n) is 3.76. The van der Waals surface area contributed by atoms with E-state index < -0.39 is 0 Å². The summed E-state index contributed by atoms with van der Waals surface area (Å²) in [5, 5.41) is 0. The number of ether oxygens (including phenoxy) is 2. The van der Waals surface area contributed by atoms with Crippen molar-refractivity contribution in [3.63, 3.8) is 0 Å². The number of esters is 1. The van der Waals surface area contributed by atoms with Crippen LogP contribution in [0.1, 0.15) is 68.3 Å². The number of rotatable bonds is 11. The van der Waals surface area contributed by atoms with Gasteiger partial charge in [-0.05, 0) is 30.9 Å². The van der Waals surface area contributed by atoms with Gasteiger partial charge in [0.1, 0.15) is 6.10 Å². The molecule has 3 heteroatoms. The van der Waals surface area contributed by atoms with Crippen molar-refractivity contribution >= 4 is 5.97 Å². The van der Waals surface area contributed by atoms with Crippen molar-refractivity contribution in [3.05, 3.63) is 35.4 Å². The van der Waals surface area contributed by atoms with Crippen molar-refractivity contribution in [1.82, 2.24) is 0 Å². The van der Waals surface area contributed by atoms with Crippen LogP contribution >= 0.6 is 0 Å². The van der Waals surface area contributed by atoms with E-state index in [0.29, 0.717) is 12.2 Å². The molecule has 0 aliphatic carbocycles. The van der Waals surface area contributed by atoms with Crippen LogP contribution < -0.4 is 0 Å². The molecule has 0 bridgehead atoms. The first-order chi connectivity index (χ1) is 10.7. The molecule has 0 aliphatic rings. The summed E-state index contributed by atoms with van der Waals surface area (Å²) in [6, 6.07) is 7.72. The highest BCUT2D eigenvalue weighted by molar-refractivity contribution is 5.91. The predicted octanol–water partition coefficient (Wildman–Crippen LogP) is 4.78. The van der Waals surface area contributed by atoms with Crippen LogP contribution in [0.5, 0.6) is 0 Å². The van der Waals surface area contributed by atoms with Crippen molar-refractivity contribution in [3.8, 4) is 0 Å². The van der Waals surface area contributed by atoms with Crippen LogP contribution in [0.3, 0.4) is 0 Å². The second kappa shape index (κ2) is 11.2. The quantitative estimate of drug-likeness (QED) is 0.436. The Kier molecular flexibility index (Phi) is 9.56. The molecule has 0 saturated carbocycles. The molecule has 0 heterocycles. The van der Waals surface area contributed by atoms with Gasteiger partial charge in [-0.15, -0.1) is 0 Å². The van der Waals surface area contributed by atoms with Crippen LogP contribution in [0.2, 0.25) is 0 Å². The maximum Gasteiger partial charge on any atom is 0.338 e. The van der Waals surface area contributed by atoms with Gasteiger partial charge in [-0.2, -0.15) is 0 Å². The zero-order chi connectivity index (χ0) is 16.2. The van der Waals surface area contributed by atoms with E-state index in [4.69, 9.17) is 9.47 Å². The molecule has 0 radical (unpaired) electrons. The molecular formula is C19H30O3. The molecule has 0 amide bonds. The number of hydrogen-bond acceptors (Lipinski definition) is 3. The van der Waals surface area contributed by atoms with Crippen LogP contribution in [-0.2, 0) is 15.9 Å². The first-order valence-corrected chi connectivity index (χ1v) is 8.50. The molecule has 1 atom stereocenters. The molecule has 0 spiro atoms. The summed E-state index contributed by atoms with van der Waals surface area (Å²) in [6.45, 7) is 4.77. The summed E-state index contributed by atoms with van der Waals surface area (Å²) in [5.41, 5.74) is 1.76. The Morgan fingerprint density at radius 3 is 2.55 bits per heavy atom. The number of benzene rings is 1. The number of unbranched alkanes of at least 4 members (excludes halogenated alkanes) is 3. The summed E-state index contributed by atoms with van der Waals surface area (Å²) in [7, 11) is 1.65. The van der Waals surface area contributed by atoms with Crippen LogP contribution in [0, 0.1) is 0 Å². The van der Waals surface area contributed by atoms with E-state index in [2.05, 4.69) is 13.8 Å². The third kappa shape index (κ3) is 6.61. The van der Waals surface area contributed by atoms with Gasteiger partial charge in [0, 0.05) is 7.11 Å². The molecule has 1 unspecified atom stereocenters. The largest absolute Gasteiger partial charge is 0.456 e. The second-order valence-corrected chi connectivity index (χ2v) is 5.74. The van der Waals surface area contributed by atoms with Crippen molar-refractivity contribution in [2.45, 2.75) is 64.9 Å². The minimum absolute atomic E-state index is 0.149. The van der Waals surface area contributed by atoms with Gasteiger partial charge in [0.15, 0.2) is 0 Å². The van der Waals surface area contributed by atoms with Gasteiger partial charge < -0.3 is 9.47 Å². The SMILES string of the molecule is CCCCCCC(COC)OC(=O)c1ccccc1CCC. The molecule has 3 nitrogen and oxygen atoms in total. The highest BCUT2D eigenvalue weighted by Crippen LogP contribution is 2.16. The zero-order valence-electron chi connectivity index (χ0n) is 14.3. The molecule has 22 heavy (non-hydrogen) atoms. The van der Waals surface area contributed by atoms with Crippen molar-refractivity contribution < 1.29 is 14.3 Å². The minimum Gasteiger partial charge on any atom is -0.456 e. The topological polar surface area (TPSA) is 35.5 Å². The van der Waals surface area contributed by atoms with Crippen LogP contribution in [0.25, 0.3) is 0 Å². The average Bonchev–Trinajstić information content (AvgIpc) is 2.52. The summed E-state index contributed by atoms with van der Waals surface area (Å²) in [4.78, 5) is 12.4. The fraction of sp³-hybridized carbons (Fsp3) is 0.632. The van der Waals surface area contributed by atoms with E-state index in [-0.39, 0.29) is 12.1 Å². The lowest BCUT2D eigenvalue weighted by Crippen LogP contribution is -2.23. The van der Waals surface area contributed by atoms with Crippen molar-refractivity contribution in [2.24, 2.45) is 0 Å². The van der Waals surface area contributed by atoms with Gasteiger partial charge in [-0.3, -0.25) is 0 Å². The Labute approximate surface area is 135 Å². The molecule has 124 valence electrons. The number of aryl methyl sites for hydroxylation is 1. The molecule has 1 aromatic carbocycles. The van der Waals surface area contributed by atoms with Crippen LogP contribution in [0.4, 0.5) is 0 Å². The molecular weight excluding hydrogens is 276 g/mol. The minimum atomic E-state index is -0.221. The van der Waals surface area contributed by atoms with Gasteiger partial charge in [-0.25, -0.2) is 4.79 Å². The van der Waals surface area contributed by atoms with E-state index in [1.807, 2.05) is 24.3 Å². The number of methoxy groups -OCH3 is 1. The fourth-order valence-corrected chi connectivity index (χ4v) is 2.58. The summed E-state index contributed by atoms with van der Waals surface area (Å²) >= 11 is 0. The Morgan fingerprint density at radius 2 is 1.86 bits per heavy atom. The van der Waals surface area contributed by atoms with Gasteiger partial charge >= 0.3 is 5.97 Å². The zero-order valence-corrected chi connectivity index (χ0v) is 14.3. The predicted molar refractivity (Wildman–Crippen MR) is 90.3 cm³/mol. The maximum atomic E-state index is 12.4. The number of carbonyl (C=O) groups excluding carboxylic acids is 1. The molecule has 1 rings (SSSR count). The van der Waals surface area contributed by atoms with Crippen LogP contribution in [0.15, 0.2) is 24.3 Å². The first kappa shape index (κ1) is 18.7. The molecule has 0 N–H and O–H groups in total. The van der Waals surface area contributed by atoms with Crippen LogP contribution in [-0.4, -0.2) is 25.8 Å². The van der Waals surface area contributed by atoms with E-state index in [1.54, 1.807) is 7.11 Å². The number of carbonyl (C=O) groups is 1. The van der Waals surface area contributed by atoms with E-state index in [1.165, 1.54) is 19.3 Å². The lowest BCUT2D eigenvalue weighted by atomic mass is 10.0. The summed E-state index contributed by atoms with van der Waals surface area (Å²) in [6.07, 6.45) is 7.33. The molecule has 0 aliphatic heterocycles. The smallest absolute Gasteiger partial charge is 0.338 e.